The van der Waals surface area contributed by atoms with Gasteiger partial charge in [-0.1, -0.05) is 0 Å². The van der Waals surface area contributed by atoms with Crippen LogP contribution in [0.1, 0.15) is 6.42 Å². The lowest BCUT2D eigenvalue weighted by Crippen LogP contribution is -2.48. The van der Waals surface area contributed by atoms with Gasteiger partial charge < -0.3 is 9.84 Å². The summed E-state index contributed by atoms with van der Waals surface area (Å²) in [6.07, 6.45) is -1.65. The quantitative estimate of drug-likeness (QED) is 0.661. The van der Waals surface area contributed by atoms with Crippen molar-refractivity contribution in [3.8, 4) is 5.75 Å². The van der Waals surface area contributed by atoms with E-state index in [4.69, 9.17) is 9.84 Å². The van der Waals surface area contributed by atoms with Crippen molar-refractivity contribution in [2.75, 3.05) is 35.0 Å². The van der Waals surface area contributed by atoms with Gasteiger partial charge in [0.2, 0.25) is 10.0 Å². The van der Waals surface area contributed by atoms with Crippen molar-refractivity contribution in [3.05, 3.63) is 48.3 Å². The number of rotatable bonds is 5. The Labute approximate surface area is 184 Å². The minimum absolute atomic E-state index is 0.0259. The van der Waals surface area contributed by atoms with E-state index >= 15 is 0 Å². The number of nitrogens with zero attached hydrogens (tertiary/aromatic N) is 2. The monoisotopic (exact) mass is 485 g/mol. The average Bonchev–Trinajstić information content (AvgIpc) is 3.05. The van der Waals surface area contributed by atoms with Crippen molar-refractivity contribution in [1.82, 2.24) is 4.31 Å². The SMILES string of the molecule is O=C(O)Nc1ccc2c(c1)N(S(=O)(=O)c1ccc(F)cc1)CC(CN1CCCS1(=O)=O)O2. The van der Waals surface area contributed by atoms with Gasteiger partial charge in [0.15, 0.2) is 0 Å². The predicted octanol–water partition coefficient (Wildman–Crippen LogP) is 1.91. The fourth-order valence-electron chi connectivity index (χ4n) is 3.69. The largest absolute Gasteiger partial charge is 0.485 e. The van der Waals surface area contributed by atoms with E-state index in [0.29, 0.717) is 13.0 Å². The zero-order chi connectivity index (χ0) is 23.1. The molecule has 172 valence electrons. The Kier molecular flexibility index (Phi) is 5.73. The second kappa shape index (κ2) is 8.22. The van der Waals surface area contributed by atoms with Crippen LogP contribution in [0.25, 0.3) is 0 Å². The first-order valence-electron chi connectivity index (χ1n) is 9.63. The number of nitrogens with one attached hydrogen (secondary N) is 1. The Bertz CT molecular complexity index is 1250. The predicted molar refractivity (Wildman–Crippen MR) is 113 cm³/mol. The van der Waals surface area contributed by atoms with E-state index < -0.39 is 38.1 Å². The molecular formula is C19H20FN3O7S2. The van der Waals surface area contributed by atoms with Gasteiger partial charge >= 0.3 is 6.09 Å². The molecular weight excluding hydrogens is 465 g/mol. The molecule has 0 saturated carbocycles. The molecule has 1 atom stereocenters. The molecule has 0 aliphatic carbocycles. The van der Waals surface area contributed by atoms with Crippen LogP contribution in [0.4, 0.5) is 20.6 Å². The third-order valence-electron chi connectivity index (χ3n) is 5.15. The van der Waals surface area contributed by atoms with Crippen LogP contribution in [0.15, 0.2) is 47.4 Å². The highest BCUT2D eigenvalue weighted by atomic mass is 32.2. The molecule has 0 spiro atoms. The van der Waals surface area contributed by atoms with Crippen LogP contribution in [0.3, 0.4) is 0 Å². The minimum atomic E-state index is -4.19. The van der Waals surface area contributed by atoms with Crippen LogP contribution in [-0.2, 0) is 20.0 Å². The zero-order valence-corrected chi connectivity index (χ0v) is 18.3. The van der Waals surface area contributed by atoms with E-state index in [0.717, 1.165) is 28.6 Å². The summed E-state index contributed by atoms with van der Waals surface area (Å²) in [7, 11) is -7.61. The van der Waals surface area contributed by atoms with E-state index in [2.05, 4.69) is 5.32 Å². The van der Waals surface area contributed by atoms with Crippen LogP contribution in [0.2, 0.25) is 0 Å². The van der Waals surface area contributed by atoms with Gasteiger partial charge in [0, 0.05) is 12.2 Å². The molecule has 2 aliphatic rings. The molecule has 1 unspecified atom stereocenters. The molecule has 0 bridgehead atoms. The molecule has 13 heteroatoms. The number of benzene rings is 2. The number of amides is 1. The molecule has 0 aromatic heterocycles. The van der Waals surface area contributed by atoms with Crippen molar-refractivity contribution >= 4 is 37.5 Å². The molecule has 1 fully saturated rings. The smallest absolute Gasteiger partial charge is 0.409 e. The van der Waals surface area contributed by atoms with E-state index in [1.54, 1.807) is 0 Å². The second-order valence-corrected chi connectivity index (χ2v) is 11.3. The maximum atomic E-state index is 13.4. The van der Waals surface area contributed by atoms with Gasteiger partial charge in [0.1, 0.15) is 17.7 Å². The molecule has 0 radical (unpaired) electrons. The number of carbonyl (C=O) groups is 1. The van der Waals surface area contributed by atoms with Gasteiger partial charge in [-0.05, 0) is 48.9 Å². The van der Waals surface area contributed by atoms with Gasteiger partial charge in [-0.3, -0.25) is 9.62 Å². The van der Waals surface area contributed by atoms with Crippen LogP contribution in [-0.4, -0.2) is 63.8 Å². The standard InChI is InChI=1S/C19H20FN3O7S2/c20-13-2-5-16(6-3-13)32(28,29)23-12-15(11-22-8-1-9-31(22,26)27)30-18-7-4-14(10-17(18)23)21-19(24)25/h2-7,10,15,21H,1,8-9,11-12H2,(H,24,25). The highest BCUT2D eigenvalue weighted by Crippen LogP contribution is 2.39. The maximum absolute atomic E-state index is 13.4. The Morgan fingerprint density at radius 2 is 1.94 bits per heavy atom. The van der Waals surface area contributed by atoms with E-state index in [1.807, 2.05) is 0 Å². The summed E-state index contributed by atoms with van der Waals surface area (Å²) >= 11 is 0. The number of carboxylic acid groups (broad SMARTS) is 1. The van der Waals surface area contributed by atoms with Crippen molar-refractivity contribution in [3.63, 3.8) is 0 Å². The lowest BCUT2D eigenvalue weighted by atomic mass is 10.2. The molecule has 2 aliphatic heterocycles. The number of sulfonamides is 2. The summed E-state index contributed by atoms with van der Waals surface area (Å²) in [5.74, 6) is -0.422. The third kappa shape index (κ3) is 4.36. The first-order chi connectivity index (χ1) is 15.1. The number of ether oxygens (including phenoxy) is 1. The molecule has 4 rings (SSSR count). The van der Waals surface area contributed by atoms with E-state index in [9.17, 15) is 26.0 Å². The molecule has 32 heavy (non-hydrogen) atoms. The second-order valence-electron chi connectivity index (χ2n) is 7.37. The van der Waals surface area contributed by atoms with Crippen LogP contribution < -0.4 is 14.4 Å². The summed E-state index contributed by atoms with van der Waals surface area (Å²) in [6, 6.07) is 8.42. The topological polar surface area (TPSA) is 133 Å². The Balaban J connectivity index is 1.73. The molecule has 1 saturated heterocycles. The molecule has 2 heterocycles. The Morgan fingerprint density at radius 3 is 2.56 bits per heavy atom. The van der Waals surface area contributed by atoms with E-state index in [-0.39, 0.29) is 40.9 Å². The summed E-state index contributed by atoms with van der Waals surface area (Å²) in [4.78, 5) is 10.8. The lowest BCUT2D eigenvalue weighted by Gasteiger charge is -2.36. The van der Waals surface area contributed by atoms with Crippen molar-refractivity contribution in [2.24, 2.45) is 0 Å². The Morgan fingerprint density at radius 1 is 1.22 bits per heavy atom. The normalized spacial score (nSPS) is 20.4. The van der Waals surface area contributed by atoms with E-state index in [1.165, 1.54) is 22.5 Å². The fraction of sp³-hybridized carbons (Fsp3) is 0.316. The highest BCUT2D eigenvalue weighted by molar-refractivity contribution is 7.92. The van der Waals surface area contributed by atoms with Gasteiger partial charge in [0.05, 0.1) is 29.4 Å². The number of halogens is 1. The van der Waals surface area contributed by atoms with Crippen LogP contribution in [0, 0.1) is 5.82 Å². The molecule has 1 amide bonds. The van der Waals surface area contributed by atoms with Crippen molar-refractivity contribution < 1.29 is 35.9 Å². The highest BCUT2D eigenvalue weighted by Gasteiger charge is 2.38. The number of hydrogen-bond donors (Lipinski definition) is 2. The molecule has 2 N–H and O–H groups in total. The van der Waals surface area contributed by atoms with Gasteiger partial charge in [0.25, 0.3) is 10.0 Å². The molecule has 10 nitrogen and oxygen atoms in total. The maximum Gasteiger partial charge on any atom is 0.409 e. The third-order valence-corrected chi connectivity index (χ3v) is 8.87. The first-order valence-corrected chi connectivity index (χ1v) is 12.7. The number of hydrogen-bond acceptors (Lipinski definition) is 6. The average molecular weight is 486 g/mol. The summed E-state index contributed by atoms with van der Waals surface area (Å²) in [5, 5.41) is 11.1. The molecule has 2 aromatic carbocycles. The van der Waals surface area contributed by atoms with Gasteiger partial charge in [-0.25, -0.2) is 26.0 Å². The van der Waals surface area contributed by atoms with Crippen molar-refractivity contribution in [1.29, 1.82) is 0 Å². The Hall–Kier alpha value is -2.90. The lowest BCUT2D eigenvalue weighted by molar-refractivity contribution is 0.172. The van der Waals surface area contributed by atoms with Gasteiger partial charge in [-0.2, -0.15) is 4.31 Å². The number of fused-ring (bicyclic) bond motifs is 1. The number of anilines is 2. The summed E-state index contributed by atoms with van der Waals surface area (Å²) in [6.45, 7) is 0.0722. The van der Waals surface area contributed by atoms with Gasteiger partial charge in [-0.15, -0.1) is 0 Å². The zero-order valence-electron chi connectivity index (χ0n) is 16.6. The van der Waals surface area contributed by atoms with Crippen molar-refractivity contribution in [2.45, 2.75) is 17.4 Å². The summed E-state index contributed by atoms with van der Waals surface area (Å²) < 4.78 is 72.7. The fourth-order valence-corrected chi connectivity index (χ4v) is 6.74. The minimum Gasteiger partial charge on any atom is -0.485 e. The van der Waals surface area contributed by atoms with Crippen LogP contribution in [0.5, 0.6) is 5.75 Å². The summed E-state index contributed by atoms with van der Waals surface area (Å²) in [5.41, 5.74) is 0.209. The van der Waals surface area contributed by atoms with Crippen LogP contribution >= 0.6 is 0 Å². The molecule has 2 aromatic rings. The first kappa shape index (κ1) is 22.3.